The lowest BCUT2D eigenvalue weighted by molar-refractivity contribution is -0.134. The largest absolute Gasteiger partial charge is 0.478 e. The van der Waals surface area contributed by atoms with Crippen LogP contribution in [0.25, 0.3) is 0 Å². The highest BCUT2D eigenvalue weighted by Crippen LogP contribution is 2.46. The second-order valence-corrected chi connectivity index (χ2v) is 9.64. The number of carbonyl (C=O) groups is 4. The van der Waals surface area contributed by atoms with Gasteiger partial charge in [0.2, 0.25) is 18.6 Å². The number of carboxylic acid groups (broad SMARTS) is 1. The van der Waals surface area contributed by atoms with Crippen molar-refractivity contribution in [2.24, 2.45) is 0 Å². The van der Waals surface area contributed by atoms with E-state index < -0.39 is 23.5 Å². The maximum atomic E-state index is 12.4. The fourth-order valence-electron chi connectivity index (χ4n) is 4.29. The van der Waals surface area contributed by atoms with E-state index in [0.717, 1.165) is 0 Å². The number of carbonyl (C=O) groups excluding carboxylic acids is 3. The molecule has 2 saturated heterocycles. The number of hydrogen-bond donors (Lipinski definition) is 3. The number of nitrogens with zero attached hydrogens (tertiary/aromatic N) is 2. The van der Waals surface area contributed by atoms with E-state index in [0.29, 0.717) is 49.6 Å². The third-order valence-corrected chi connectivity index (χ3v) is 5.97. The molecule has 0 aliphatic carbocycles. The number of rotatable bonds is 5. The van der Waals surface area contributed by atoms with Gasteiger partial charge in [-0.25, -0.2) is 9.59 Å². The van der Waals surface area contributed by atoms with Crippen molar-refractivity contribution in [3.63, 3.8) is 0 Å². The van der Waals surface area contributed by atoms with Crippen LogP contribution in [0.2, 0.25) is 0 Å². The fraction of sp³-hybridized carbons (Fsp3) is 0.565. The number of aromatic carboxylic acids is 1. The van der Waals surface area contributed by atoms with Crippen molar-refractivity contribution in [2.75, 3.05) is 37.9 Å². The minimum atomic E-state index is -1.17. The molecule has 12 heteroatoms. The average molecular weight is 491 g/mol. The van der Waals surface area contributed by atoms with Gasteiger partial charge in [-0.2, -0.15) is 0 Å². The Morgan fingerprint density at radius 1 is 1.17 bits per heavy atom. The lowest BCUT2D eigenvalue weighted by Gasteiger charge is -2.37. The highest BCUT2D eigenvalue weighted by atomic mass is 16.7. The lowest BCUT2D eigenvalue weighted by atomic mass is 10.0. The number of ether oxygens (including phenoxy) is 3. The summed E-state index contributed by atoms with van der Waals surface area (Å²) in [5.74, 6) is -1.44. The lowest BCUT2D eigenvalue weighted by Crippen LogP contribution is -2.50. The Balaban J connectivity index is 1.54. The van der Waals surface area contributed by atoms with Gasteiger partial charge in [0.25, 0.3) is 0 Å². The Kier molecular flexibility index (Phi) is 6.75. The first-order chi connectivity index (χ1) is 16.5. The summed E-state index contributed by atoms with van der Waals surface area (Å²) in [5, 5.41) is 15.2. The van der Waals surface area contributed by atoms with Crippen LogP contribution in [0, 0.1) is 0 Å². The van der Waals surface area contributed by atoms with Gasteiger partial charge in [-0.05, 0) is 38.8 Å². The molecule has 1 aromatic rings. The molecule has 0 aromatic heterocycles. The molecule has 3 aliphatic heterocycles. The second-order valence-electron chi connectivity index (χ2n) is 9.64. The Bertz CT molecular complexity index is 1040. The molecule has 3 amide bonds. The van der Waals surface area contributed by atoms with Gasteiger partial charge in [0.15, 0.2) is 11.5 Å². The van der Waals surface area contributed by atoms with Crippen molar-refractivity contribution in [3.05, 3.63) is 17.2 Å². The molecule has 1 unspecified atom stereocenters. The molecule has 0 spiro atoms. The number of hydrogen-bond acceptors (Lipinski definition) is 9. The van der Waals surface area contributed by atoms with Gasteiger partial charge < -0.3 is 34.4 Å². The molecule has 2 fully saturated rings. The van der Waals surface area contributed by atoms with Crippen LogP contribution in [0.4, 0.5) is 10.5 Å². The first-order valence-corrected chi connectivity index (χ1v) is 11.5. The Labute approximate surface area is 202 Å². The van der Waals surface area contributed by atoms with Crippen molar-refractivity contribution in [1.29, 1.82) is 0 Å². The number of nitrogens with one attached hydrogen (secondary N) is 2. The van der Waals surface area contributed by atoms with Crippen molar-refractivity contribution in [2.45, 2.75) is 51.8 Å². The summed E-state index contributed by atoms with van der Waals surface area (Å²) in [6.45, 7) is 7.25. The van der Waals surface area contributed by atoms with Gasteiger partial charge >= 0.3 is 12.1 Å². The highest BCUT2D eigenvalue weighted by molar-refractivity contribution is 6.00. The molecule has 0 radical (unpaired) electrons. The molecule has 3 aliphatic rings. The third kappa shape index (κ3) is 5.42. The Hall–Kier alpha value is -3.54. The van der Waals surface area contributed by atoms with Gasteiger partial charge in [0, 0.05) is 39.1 Å². The molecule has 190 valence electrons. The topological polar surface area (TPSA) is 147 Å². The van der Waals surface area contributed by atoms with E-state index in [1.807, 2.05) is 25.7 Å². The fourth-order valence-corrected chi connectivity index (χ4v) is 4.29. The van der Waals surface area contributed by atoms with Crippen molar-refractivity contribution < 1.29 is 38.5 Å². The minimum Gasteiger partial charge on any atom is -0.478 e. The van der Waals surface area contributed by atoms with Gasteiger partial charge in [0.1, 0.15) is 11.2 Å². The molecule has 1 aromatic carbocycles. The zero-order chi connectivity index (χ0) is 25.3. The van der Waals surface area contributed by atoms with Gasteiger partial charge in [0.05, 0.1) is 11.7 Å². The molecule has 1 atom stereocenters. The maximum Gasteiger partial charge on any atom is 0.410 e. The van der Waals surface area contributed by atoms with Gasteiger partial charge in [-0.15, -0.1) is 0 Å². The maximum absolute atomic E-state index is 12.4. The van der Waals surface area contributed by atoms with E-state index in [2.05, 4.69) is 10.6 Å². The van der Waals surface area contributed by atoms with E-state index in [4.69, 9.17) is 14.2 Å². The van der Waals surface area contributed by atoms with Crippen LogP contribution in [-0.2, 0) is 20.9 Å². The number of benzene rings is 1. The van der Waals surface area contributed by atoms with Gasteiger partial charge in [-0.3, -0.25) is 14.9 Å². The monoisotopic (exact) mass is 490 g/mol. The van der Waals surface area contributed by atoms with Crippen molar-refractivity contribution in [3.8, 4) is 11.5 Å². The predicted molar refractivity (Wildman–Crippen MR) is 123 cm³/mol. The number of imide groups is 1. The predicted octanol–water partition coefficient (Wildman–Crippen LogP) is 1.07. The zero-order valence-electron chi connectivity index (χ0n) is 20.0. The second kappa shape index (κ2) is 9.61. The van der Waals surface area contributed by atoms with E-state index in [1.165, 1.54) is 0 Å². The summed E-state index contributed by atoms with van der Waals surface area (Å²) in [7, 11) is 0. The molecular formula is C23H30N4O8. The molecule has 3 N–H and O–H groups in total. The minimum absolute atomic E-state index is 0.0339. The summed E-state index contributed by atoms with van der Waals surface area (Å²) in [6, 6.07) is 1.11. The quantitative estimate of drug-likeness (QED) is 0.512. The van der Waals surface area contributed by atoms with Crippen LogP contribution in [0.3, 0.4) is 0 Å². The zero-order valence-corrected chi connectivity index (χ0v) is 20.0. The van der Waals surface area contributed by atoms with Crippen LogP contribution in [0.15, 0.2) is 6.07 Å². The van der Waals surface area contributed by atoms with Crippen molar-refractivity contribution in [1.82, 2.24) is 15.5 Å². The normalized spacial score (nSPS) is 20.0. The Morgan fingerprint density at radius 3 is 2.49 bits per heavy atom. The summed E-state index contributed by atoms with van der Waals surface area (Å²) in [4.78, 5) is 51.7. The molecule has 12 nitrogen and oxygen atoms in total. The first-order valence-electron chi connectivity index (χ1n) is 11.5. The van der Waals surface area contributed by atoms with E-state index in [9.17, 15) is 24.3 Å². The molecule has 3 heterocycles. The van der Waals surface area contributed by atoms with Crippen molar-refractivity contribution >= 4 is 29.6 Å². The molecule has 0 saturated carbocycles. The average Bonchev–Trinajstić information content (AvgIpc) is 3.26. The number of anilines is 1. The van der Waals surface area contributed by atoms with Gasteiger partial charge in [-0.1, -0.05) is 0 Å². The standard InChI is InChI=1S/C23H30N4O8/c1-23(2,3)35-22(32)27-8-6-26(7-9-27)15-10-13(11-24-14-4-5-16(28)25-20(14)29)17(21(30)31)19-18(15)33-12-34-19/h10,14,24H,4-9,11-12H2,1-3H3,(H,30,31)(H,25,28,29). The highest BCUT2D eigenvalue weighted by Gasteiger charge is 2.34. The summed E-state index contributed by atoms with van der Waals surface area (Å²) in [6.07, 6.45) is 0.165. The SMILES string of the molecule is CC(C)(C)OC(=O)N1CCN(c2cc(CNC3CCC(=O)NC3=O)c(C(=O)O)c3c2OCO3)CC1. The number of amides is 3. The number of carboxylic acids is 1. The summed E-state index contributed by atoms with van der Waals surface area (Å²) in [5.41, 5.74) is 0.466. The number of piperazine rings is 1. The van der Waals surface area contributed by atoms with Crippen LogP contribution in [-0.4, -0.2) is 78.5 Å². The summed E-state index contributed by atoms with van der Waals surface area (Å²) >= 11 is 0. The van der Waals surface area contributed by atoms with Crippen LogP contribution in [0.5, 0.6) is 11.5 Å². The third-order valence-electron chi connectivity index (χ3n) is 5.97. The smallest absolute Gasteiger partial charge is 0.410 e. The van der Waals surface area contributed by atoms with Crippen LogP contribution >= 0.6 is 0 Å². The van der Waals surface area contributed by atoms with E-state index >= 15 is 0 Å². The number of piperidine rings is 1. The molecular weight excluding hydrogens is 460 g/mol. The van der Waals surface area contributed by atoms with E-state index in [-0.39, 0.29) is 43.1 Å². The van der Waals surface area contributed by atoms with Crippen LogP contribution in [0.1, 0.15) is 49.5 Å². The molecule has 4 rings (SSSR count). The Morgan fingerprint density at radius 2 is 1.86 bits per heavy atom. The summed E-state index contributed by atoms with van der Waals surface area (Å²) < 4.78 is 16.6. The van der Waals surface area contributed by atoms with E-state index in [1.54, 1.807) is 11.0 Å². The molecule has 35 heavy (non-hydrogen) atoms. The molecule has 0 bridgehead atoms. The van der Waals surface area contributed by atoms with Crippen LogP contribution < -0.4 is 25.0 Å². The number of fused-ring (bicyclic) bond motifs is 1. The first kappa shape index (κ1) is 24.6.